The van der Waals surface area contributed by atoms with E-state index in [0.29, 0.717) is 11.6 Å². The van der Waals surface area contributed by atoms with Crippen LogP contribution >= 0.6 is 0 Å². The molecule has 0 aliphatic carbocycles. The summed E-state index contributed by atoms with van der Waals surface area (Å²) in [6, 6.07) is 8.56. The largest absolute Gasteiger partial charge is 0.390 e. The van der Waals surface area contributed by atoms with Crippen molar-refractivity contribution in [1.29, 1.82) is 0 Å². The molecule has 1 aliphatic heterocycles. The monoisotopic (exact) mass is 326 g/mol. The molecule has 1 aliphatic rings. The van der Waals surface area contributed by atoms with Crippen molar-refractivity contribution < 1.29 is 9.50 Å². The van der Waals surface area contributed by atoms with Gasteiger partial charge in [0.25, 0.3) is 0 Å². The number of imidazole rings is 1. The topological polar surface area (TPSA) is 65.0 Å². The van der Waals surface area contributed by atoms with Crippen LogP contribution in [0.15, 0.2) is 36.5 Å². The number of piperidine rings is 1. The van der Waals surface area contributed by atoms with Gasteiger partial charge in [0.1, 0.15) is 11.6 Å². The third-order valence-corrected chi connectivity index (χ3v) is 4.67. The Hall–Kier alpha value is -2.47. The van der Waals surface area contributed by atoms with Crippen LogP contribution in [0.3, 0.4) is 0 Å². The number of halogens is 1. The maximum Gasteiger partial charge on any atom is 0.125 e. The van der Waals surface area contributed by atoms with E-state index in [4.69, 9.17) is 0 Å². The van der Waals surface area contributed by atoms with Crippen LogP contribution in [0, 0.1) is 5.82 Å². The summed E-state index contributed by atoms with van der Waals surface area (Å²) < 4.78 is 13.3. The van der Waals surface area contributed by atoms with E-state index >= 15 is 0 Å². The highest BCUT2D eigenvalue weighted by molar-refractivity contribution is 5.75. The molecule has 0 saturated carbocycles. The predicted octanol–water partition coefficient (Wildman–Crippen LogP) is 2.97. The summed E-state index contributed by atoms with van der Waals surface area (Å²) in [5.74, 6) is 1.06. The first-order chi connectivity index (χ1) is 11.7. The second kappa shape index (κ2) is 6.20. The molecule has 1 saturated heterocycles. The SMILES string of the molecule is OCc1cc(N2CCC(c3nc4ccc(F)cc4[nH]3)CC2)ccn1. The van der Waals surface area contributed by atoms with E-state index in [0.717, 1.165) is 48.5 Å². The van der Waals surface area contributed by atoms with Gasteiger partial charge in [0.15, 0.2) is 0 Å². The van der Waals surface area contributed by atoms with Crippen molar-refractivity contribution in [3.63, 3.8) is 0 Å². The number of anilines is 1. The van der Waals surface area contributed by atoms with Gasteiger partial charge >= 0.3 is 0 Å². The summed E-state index contributed by atoms with van der Waals surface area (Å²) in [6.07, 6.45) is 3.71. The summed E-state index contributed by atoms with van der Waals surface area (Å²) in [7, 11) is 0. The minimum atomic E-state index is -0.245. The quantitative estimate of drug-likeness (QED) is 0.777. The first-order valence-corrected chi connectivity index (χ1v) is 8.19. The van der Waals surface area contributed by atoms with Crippen LogP contribution in [0.2, 0.25) is 0 Å². The fourth-order valence-corrected chi connectivity index (χ4v) is 3.35. The Bertz CT molecular complexity index is 855. The normalized spacial score (nSPS) is 16.0. The molecule has 0 unspecified atom stereocenters. The average Bonchev–Trinajstić information content (AvgIpc) is 3.05. The maximum atomic E-state index is 13.3. The maximum absolute atomic E-state index is 13.3. The second-order valence-corrected chi connectivity index (χ2v) is 6.21. The number of nitrogens with one attached hydrogen (secondary N) is 1. The Balaban J connectivity index is 1.48. The minimum Gasteiger partial charge on any atom is -0.390 e. The van der Waals surface area contributed by atoms with Crippen LogP contribution in [0.4, 0.5) is 10.1 Å². The number of H-pyrrole nitrogens is 1. The van der Waals surface area contributed by atoms with E-state index in [1.807, 2.05) is 12.1 Å². The number of pyridine rings is 1. The molecule has 124 valence electrons. The van der Waals surface area contributed by atoms with E-state index < -0.39 is 0 Å². The van der Waals surface area contributed by atoms with Gasteiger partial charge in [0.05, 0.1) is 23.3 Å². The summed E-state index contributed by atoms with van der Waals surface area (Å²) in [5, 5.41) is 9.22. The van der Waals surface area contributed by atoms with Gasteiger partial charge in [-0.1, -0.05) is 0 Å². The van der Waals surface area contributed by atoms with Crippen LogP contribution in [0.5, 0.6) is 0 Å². The third kappa shape index (κ3) is 2.85. The molecule has 0 amide bonds. The van der Waals surface area contributed by atoms with Crippen LogP contribution in [-0.4, -0.2) is 33.1 Å². The molecule has 5 nitrogen and oxygen atoms in total. The van der Waals surface area contributed by atoms with Gasteiger partial charge < -0.3 is 15.0 Å². The number of benzene rings is 1. The Morgan fingerprint density at radius 3 is 2.83 bits per heavy atom. The number of fused-ring (bicyclic) bond motifs is 1. The Labute approximate surface area is 139 Å². The summed E-state index contributed by atoms with van der Waals surface area (Å²) >= 11 is 0. The van der Waals surface area contributed by atoms with Crippen molar-refractivity contribution in [3.8, 4) is 0 Å². The molecule has 0 spiro atoms. The van der Waals surface area contributed by atoms with Gasteiger partial charge in [-0.3, -0.25) is 4.98 Å². The lowest BCUT2D eigenvalue weighted by molar-refractivity contribution is 0.277. The number of aliphatic hydroxyl groups is 1. The zero-order chi connectivity index (χ0) is 16.5. The van der Waals surface area contributed by atoms with Crippen molar-refractivity contribution in [2.75, 3.05) is 18.0 Å². The first-order valence-electron chi connectivity index (χ1n) is 8.19. The van der Waals surface area contributed by atoms with Crippen LogP contribution < -0.4 is 4.90 Å². The highest BCUT2D eigenvalue weighted by Gasteiger charge is 2.23. The van der Waals surface area contributed by atoms with Crippen molar-refractivity contribution in [1.82, 2.24) is 15.0 Å². The highest BCUT2D eigenvalue weighted by atomic mass is 19.1. The smallest absolute Gasteiger partial charge is 0.125 e. The van der Waals surface area contributed by atoms with Crippen LogP contribution in [0.25, 0.3) is 11.0 Å². The molecule has 0 atom stereocenters. The van der Waals surface area contributed by atoms with Gasteiger partial charge in [-0.2, -0.15) is 0 Å². The van der Waals surface area contributed by atoms with E-state index in [-0.39, 0.29) is 12.4 Å². The molecule has 3 aromatic rings. The molecule has 3 heterocycles. The zero-order valence-electron chi connectivity index (χ0n) is 13.2. The first kappa shape index (κ1) is 15.1. The average molecular weight is 326 g/mol. The molecule has 2 aromatic heterocycles. The lowest BCUT2D eigenvalue weighted by Gasteiger charge is -2.33. The zero-order valence-corrected chi connectivity index (χ0v) is 13.2. The number of aliphatic hydroxyl groups excluding tert-OH is 1. The number of rotatable bonds is 3. The molecule has 2 N–H and O–H groups in total. The Kier molecular flexibility index (Phi) is 3.90. The van der Waals surface area contributed by atoms with E-state index in [9.17, 15) is 9.50 Å². The molecule has 24 heavy (non-hydrogen) atoms. The van der Waals surface area contributed by atoms with Crippen molar-refractivity contribution >= 4 is 16.7 Å². The van der Waals surface area contributed by atoms with Gasteiger partial charge in [-0.05, 0) is 43.2 Å². The third-order valence-electron chi connectivity index (χ3n) is 4.67. The number of aromatic amines is 1. The van der Waals surface area contributed by atoms with Crippen molar-refractivity contribution in [2.24, 2.45) is 0 Å². The summed E-state index contributed by atoms with van der Waals surface area (Å²) in [4.78, 5) is 14.3. The number of hydrogen-bond acceptors (Lipinski definition) is 4. The fourth-order valence-electron chi connectivity index (χ4n) is 3.35. The van der Waals surface area contributed by atoms with E-state index in [2.05, 4.69) is 19.9 Å². The van der Waals surface area contributed by atoms with Crippen molar-refractivity contribution in [3.05, 3.63) is 53.9 Å². The van der Waals surface area contributed by atoms with Crippen molar-refractivity contribution in [2.45, 2.75) is 25.4 Å². The van der Waals surface area contributed by atoms with Gasteiger partial charge in [-0.15, -0.1) is 0 Å². The molecular formula is C18H19FN4O. The van der Waals surface area contributed by atoms with Crippen LogP contribution in [-0.2, 0) is 6.61 Å². The van der Waals surface area contributed by atoms with Crippen LogP contribution in [0.1, 0.15) is 30.3 Å². The van der Waals surface area contributed by atoms with Gasteiger partial charge in [0, 0.05) is 30.9 Å². The number of nitrogens with zero attached hydrogens (tertiary/aromatic N) is 3. The number of aromatic nitrogens is 3. The summed E-state index contributed by atoms with van der Waals surface area (Å²) in [5.41, 5.74) is 3.36. The molecule has 1 fully saturated rings. The highest BCUT2D eigenvalue weighted by Crippen LogP contribution is 2.30. The lowest BCUT2D eigenvalue weighted by Crippen LogP contribution is -2.33. The number of hydrogen-bond donors (Lipinski definition) is 2. The fraction of sp³-hybridized carbons (Fsp3) is 0.333. The molecule has 0 bridgehead atoms. The summed E-state index contributed by atoms with van der Waals surface area (Å²) in [6.45, 7) is 1.80. The van der Waals surface area contributed by atoms with Gasteiger partial charge in [-0.25, -0.2) is 9.37 Å². The standard InChI is InChI=1S/C18H19FN4O/c19-13-1-2-16-17(9-13)22-18(21-16)12-4-7-23(8-5-12)15-3-6-20-14(10-15)11-24/h1-3,6,9-10,12,24H,4-5,7-8,11H2,(H,21,22). The van der Waals surface area contributed by atoms with Gasteiger partial charge in [0.2, 0.25) is 0 Å². The van der Waals surface area contributed by atoms with E-state index in [1.54, 1.807) is 12.3 Å². The Morgan fingerprint density at radius 2 is 2.04 bits per heavy atom. The molecule has 0 radical (unpaired) electrons. The predicted molar refractivity (Wildman–Crippen MR) is 90.4 cm³/mol. The minimum absolute atomic E-state index is 0.0418. The molecular weight excluding hydrogens is 307 g/mol. The molecule has 4 rings (SSSR count). The second-order valence-electron chi connectivity index (χ2n) is 6.21. The van der Waals surface area contributed by atoms with E-state index in [1.165, 1.54) is 12.1 Å². The lowest BCUT2D eigenvalue weighted by atomic mass is 9.96. The molecule has 6 heteroatoms. The molecule has 1 aromatic carbocycles. The Morgan fingerprint density at radius 1 is 1.21 bits per heavy atom.